The predicted molar refractivity (Wildman–Crippen MR) is 242 cm³/mol. The van der Waals surface area contributed by atoms with Crippen LogP contribution in [0.3, 0.4) is 0 Å². The standard InChI is InChI=1S/C43H67N11O14/c1-19(2)14-27(36(45)61)50-41(66)30(17-33(59)60)51-40(65)29(16-31(44)57)52-42(67)34(20(3)4)54-43(68)35(21(5)6)53-38(63)23(8)47-32(58)18-46-37(62)22(7)48-39(64)28(49-24(9)55)15-25-10-12-26(56)13-11-25/h10-13,19-23,27-30,34-35,56H,14-18H2,1-9H3,(H2,44,57)(H2,45,61)(H,46,62)(H,47,58)(H,48,64)(H,49,55)(H,50,66)(H,51,65)(H,52,67)(H,53,63)(H,54,68)(H,59,60)/t22-,23-,27-,28-,29-,30-,34-,35-/m0/s1. The van der Waals surface area contributed by atoms with Crippen LogP contribution in [0.2, 0.25) is 0 Å². The van der Waals surface area contributed by atoms with Gasteiger partial charge in [0, 0.05) is 13.3 Å². The summed E-state index contributed by atoms with van der Waals surface area (Å²) in [5.41, 5.74) is 11.3. The number of phenolic OH excluding ortho intramolecular Hbond substituents is 1. The molecule has 0 heterocycles. The molecule has 11 amide bonds. The van der Waals surface area contributed by atoms with Gasteiger partial charge in [-0.25, -0.2) is 0 Å². The molecule has 0 aliphatic carbocycles. The average Bonchev–Trinajstić information content (AvgIpc) is 3.22. The highest BCUT2D eigenvalue weighted by Crippen LogP contribution is 2.13. The fourth-order valence-electron chi connectivity index (χ4n) is 6.29. The van der Waals surface area contributed by atoms with Crippen molar-refractivity contribution in [2.45, 2.75) is 136 Å². The lowest BCUT2D eigenvalue weighted by atomic mass is 9.99. The van der Waals surface area contributed by atoms with Crippen molar-refractivity contribution in [1.29, 1.82) is 0 Å². The first-order valence-corrected chi connectivity index (χ1v) is 21.8. The van der Waals surface area contributed by atoms with Crippen LogP contribution in [0, 0.1) is 17.8 Å². The molecule has 0 aromatic heterocycles. The summed E-state index contributed by atoms with van der Waals surface area (Å²) in [5.74, 6) is -12.7. The molecule has 0 aliphatic rings. The maximum atomic E-state index is 13.6. The van der Waals surface area contributed by atoms with Crippen LogP contribution in [0.5, 0.6) is 5.75 Å². The molecule has 1 rings (SSSR count). The Balaban J connectivity index is 2.99. The Labute approximate surface area is 393 Å². The molecular weight excluding hydrogens is 895 g/mol. The lowest BCUT2D eigenvalue weighted by Crippen LogP contribution is -2.61. The Kier molecular flexibility index (Phi) is 24.1. The topological polar surface area (TPSA) is 406 Å². The van der Waals surface area contributed by atoms with Gasteiger partial charge in [0.25, 0.3) is 0 Å². The Bertz CT molecular complexity index is 2010. The Morgan fingerprint density at radius 3 is 1.46 bits per heavy atom. The van der Waals surface area contributed by atoms with Crippen molar-refractivity contribution in [3.05, 3.63) is 29.8 Å². The van der Waals surface area contributed by atoms with Gasteiger partial charge in [-0.3, -0.25) is 57.5 Å². The summed E-state index contributed by atoms with van der Waals surface area (Å²) in [6.07, 6.45) is -1.66. The molecule has 1 aromatic rings. The number of primary amides is 2. The molecule has 25 nitrogen and oxygen atoms in total. The van der Waals surface area contributed by atoms with Crippen LogP contribution in [-0.4, -0.2) is 136 Å². The number of aliphatic carboxylic acids is 1. The minimum Gasteiger partial charge on any atom is -0.508 e. The van der Waals surface area contributed by atoms with E-state index in [4.69, 9.17) is 11.5 Å². The summed E-state index contributed by atoms with van der Waals surface area (Å²) in [7, 11) is 0. The fourth-order valence-corrected chi connectivity index (χ4v) is 6.29. The van der Waals surface area contributed by atoms with Gasteiger partial charge < -0.3 is 69.5 Å². The van der Waals surface area contributed by atoms with Crippen molar-refractivity contribution >= 4 is 70.9 Å². The van der Waals surface area contributed by atoms with E-state index in [1.807, 2.05) is 0 Å². The number of nitrogens with one attached hydrogen (secondary N) is 9. The summed E-state index contributed by atoms with van der Waals surface area (Å²) in [6, 6.07) is -5.11. The van der Waals surface area contributed by atoms with Crippen LogP contribution in [0.15, 0.2) is 24.3 Å². The smallest absolute Gasteiger partial charge is 0.305 e. The van der Waals surface area contributed by atoms with Crippen LogP contribution in [0.25, 0.3) is 0 Å². The first-order chi connectivity index (χ1) is 31.5. The molecule has 0 unspecified atom stereocenters. The van der Waals surface area contributed by atoms with E-state index in [-0.39, 0.29) is 24.5 Å². The number of amides is 11. The highest BCUT2D eigenvalue weighted by atomic mass is 16.4. The fraction of sp³-hybridized carbons (Fsp3) is 0.581. The second kappa shape index (κ2) is 28.0. The third-order valence-corrected chi connectivity index (χ3v) is 9.93. The van der Waals surface area contributed by atoms with Gasteiger partial charge in [-0.2, -0.15) is 0 Å². The summed E-state index contributed by atoms with van der Waals surface area (Å²) in [4.78, 5) is 153. The van der Waals surface area contributed by atoms with E-state index >= 15 is 0 Å². The van der Waals surface area contributed by atoms with E-state index in [1.165, 1.54) is 46.8 Å². The maximum absolute atomic E-state index is 13.6. The summed E-state index contributed by atoms with van der Waals surface area (Å²) in [5, 5.41) is 40.4. The number of rotatable bonds is 28. The van der Waals surface area contributed by atoms with Crippen molar-refractivity contribution in [2.75, 3.05) is 6.54 Å². The molecule has 8 atom stereocenters. The molecular formula is C43H67N11O14. The number of carboxylic acids is 1. The molecule has 378 valence electrons. The summed E-state index contributed by atoms with van der Waals surface area (Å²) < 4.78 is 0. The van der Waals surface area contributed by atoms with Gasteiger partial charge in [0.1, 0.15) is 54.1 Å². The quantitative estimate of drug-likeness (QED) is 0.0383. The van der Waals surface area contributed by atoms with Crippen LogP contribution in [-0.2, 0) is 64.0 Å². The monoisotopic (exact) mass is 961 g/mol. The minimum absolute atomic E-state index is 0.00352. The van der Waals surface area contributed by atoms with E-state index in [9.17, 15) is 67.7 Å². The number of hydrogen-bond acceptors (Lipinski definition) is 13. The summed E-state index contributed by atoms with van der Waals surface area (Å²) >= 11 is 0. The highest BCUT2D eigenvalue weighted by molar-refractivity contribution is 5.99. The number of hydrogen-bond donors (Lipinski definition) is 13. The third kappa shape index (κ3) is 21.3. The highest BCUT2D eigenvalue weighted by Gasteiger charge is 2.36. The molecule has 15 N–H and O–H groups in total. The molecule has 1 aromatic carbocycles. The zero-order chi connectivity index (χ0) is 52.2. The molecule has 0 radical (unpaired) electrons. The Morgan fingerprint density at radius 2 is 0.985 bits per heavy atom. The van der Waals surface area contributed by atoms with Crippen LogP contribution in [0.1, 0.15) is 87.1 Å². The van der Waals surface area contributed by atoms with Crippen molar-refractivity contribution in [1.82, 2.24) is 47.9 Å². The zero-order valence-corrected chi connectivity index (χ0v) is 39.6. The second-order valence-corrected chi connectivity index (χ2v) is 17.3. The molecule has 0 aliphatic heterocycles. The molecule has 25 heteroatoms. The van der Waals surface area contributed by atoms with E-state index in [0.29, 0.717) is 5.56 Å². The number of carbonyl (C=O) groups excluding carboxylic acids is 11. The summed E-state index contributed by atoms with van der Waals surface area (Å²) in [6.45, 7) is 12.9. The SMILES string of the molecule is CC(=O)N[C@@H](Cc1ccc(O)cc1)C(=O)N[C@@H](C)C(=O)NCC(=O)N[C@@H](C)C(=O)N[C@H](C(=O)N[C@H](C(=O)N[C@@H](CC(N)=O)C(=O)N[C@@H](CC(=O)O)C(=O)N[C@@H](CC(C)C)C(N)=O)C(C)C)C(C)C. The van der Waals surface area contributed by atoms with Gasteiger partial charge >= 0.3 is 5.97 Å². The first-order valence-electron chi connectivity index (χ1n) is 21.8. The van der Waals surface area contributed by atoms with Crippen molar-refractivity contribution in [2.24, 2.45) is 29.2 Å². The van der Waals surface area contributed by atoms with Crippen molar-refractivity contribution < 1.29 is 67.7 Å². The lowest BCUT2D eigenvalue weighted by Gasteiger charge is -2.29. The number of nitrogens with two attached hydrogens (primary N) is 2. The van der Waals surface area contributed by atoms with Crippen LogP contribution < -0.4 is 59.3 Å². The number of phenols is 1. The molecule has 0 bridgehead atoms. The van der Waals surface area contributed by atoms with Gasteiger partial charge in [-0.15, -0.1) is 0 Å². The number of carbonyl (C=O) groups is 12. The third-order valence-electron chi connectivity index (χ3n) is 9.93. The largest absolute Gasteiger partial charge is 0.508 e. The van der Waals surface area contributed by atoms with Gasteiger partial charge in [-0.05, 0) is 55.7 Å². The van der Waals surface area contributed by atoms with E-state index in [2.05, 4.69) is 47.9 Å². The molecule has 0 spiro atoms. The maximum Gasteiger partial charge on any atom is 0.305 e. The number of benzene rings is 1. The second-order valence-electron chi connectivity index (χ2n) is 17.3. The molecule has 0 saturated carbocycles. The minimum atomic E-state index is -1.80. The van der Waals surface area contributed by atoms with Gasteiger partial charge in [-0.1, -0.05) is 53.7 Å². The lowest BCUT2D eigenvalue weighted by molar-refractivity contribution is -0.142. The predicted octanol–water partition coefficient (Wildman–Crippen LogP) is -3.82. The van der Waals surface area contributed by atoms with Gasteiger partial charge in [0.15, 0.2) is 0 Å². The van der Waals surface area contributed by atoms with Crippen LogP contribution in [0.4, 0.5) is 0 Å². The van der Waals surface area contributed by atoms with Crippen molar-refractivity contribution in [3.8, 4) is 5.75 Å². The number of aromatic hydroxyl groups is 1. The van der Waals surface area contributed by atoms with E-state index < -0.39 is 151 Å². The Morgan fingerprint density at radius 1 is 0.529 bits per heavy atom. The molecule has 0 saturated heterocycles. The Hall–Kier alpha value is -7.34. The normalized spacial score (nSPS) is 14.5. The van der Waals surface area contributed by atoms with E-state index in [0.717, 1.165) is 0 Å². The number of carboxylic acid groups (broad SMARTS) is 1. The van der Waals surface area contributed by atoms with Crippen LogP contribution >= 0.6 is 0 Å². The zero-order valence-electron chi connectivity index (χ0n) is 39.6. The molecule has 0 fully saturated rings. The molecule has 68 heavy (non-hydrogen) atoms. The first kappa shape index (κ1) is 58.7. The van der Waals surface area contributed by atoms with Crippen molar-refractivity contribution in [3.63, 3.8) is 0 Å². The van der Waals surface area contributed by atoms with E-state index in [1.54, 1.807) is 39.8 Å². The van der Waals surface area contributed by atoms with Gasteiger partial charge in [0.05, 0.1) is 19.4 Å². The van der Waals surface area contributed by atoms with Gasteiger partial charge in [0.2, 0.25) is 65.0 Å². The average molecular weight is 962 g/mol.